The van der Waals surface area contributed by atoms with E-state index in [0.29, 0.717) is 13.2 Å². The van der Waals surface area contributed by atoms with Crippen LogP contribution < -0.4 is 16.2 Å². The van der Waals surface area contributed by atoms with Crippen molar-refractivity contribution >= 4 is 5.69 Å². The average Bonchev–Trinajstić information content (AvgIpc) is 2.30. The second kappa shape index (κ2) is 6.48. The van der Waals surface area contributed by atoms with Gasteiger partial charge >= 0.3 is 0 Å². The Bertz CT molecular complexity index is 298. The van der Waals surface area contributed by atoms with Crippen LogP contribution in [0.5, 0.6) is 0 Å². The zero-order valence-electron chi connectivity index (χ0n) is 10.2. The summed E-state index contributed by atoms with van der Waals surface area (Å²) in [4.78, 5) is 2.07. The molecule has 0 saturated heterocycles. The predicted octanol–water partition coefficient (Wildman–Crippen LogP) is 1.29. The van der Waals surface area contributed by atoms with Gasteiger partial charge in [-0.2, -0.15) is 0 Å². The van der Waals surface area contributed by atoms with E-state index in [1.165, 1.54) is 5.69 Å². The number of hydrogen-bond acceptors (Lipinski definition) is 4. The van der Waals surface area contributed by atoms with Crippen LogP contribution in [0.25, 0.3) is 0 Å². The Morgan fingerprint density at radius 1 is 1.31 bits per heavy atom. The number of benzene rings is 1. The third-order valence-electron chi connectivity index (χ3n) is 2.50. The van der Waals surface area contributed by atoms with Crippen molar-refractivity contribution in [2.24, 2.45) is 5.84 Å². The zero-order valence-corrected chi connectivity index (χ0v) is 10.2. The molecule has 0 radical (unpaired) electrons. The van der Waals surface area contributed by atoms with Gasteiger partial charge < -0.3 is 9.64 Å². The molecule has 1 rings (SSSR count). The summed E-state index contributed by atoms with van der Waals surface area (Å²) in [7, 11) is 4.04. The Labute approximate surface area is 97.4 Å². The number of nitrogens with one attached hydrogen (secondary N) is 1. The first-order chi connectivity index (χ1) is 7.69. The highest BCUT2D eigenvalue weighted by atomic mass is 16.5. The van der Waals surface area contributed by atoms with Gasteiger partial charge in [-0.3, -0.25) is 11.3 Å². The van der Waals surface area contributed by atoms with Crippen molar-refractivity contribution in [2.75, 3.05) is 32.2 Å². The van der Waals surface area contributed by atoms with Crippen LogP contribution in [0.3, 0.4) is 0 Å². The lowest BCUT2D eigenvalue weighted by molar-refractivity contribution is 0.123. The van der Waals surface area contributed by atoms with E-state index in [4.69, 9.17) is 10.6 Å². The molecular formula is C12H21N3O. The molecule has 1 aromatic carbocycles. The number of ether oxygens (including phenoxy) is 1. The highest BCUT2D eigenvalue weighted by Crippen LogP contribution is 2.17. The Balaban J connectivity index is 2.70. The van der Waals surface area contributed by atoms with Crippen molar-refractivity contribution in [3.8, 4) is 0 Å². The normalized spacial score (nSPS) is 12.5. The molecule has 0 spiro atoms. The SMILES string of the molecule is CCOCC(NN)c1ccc(N(C)C)cc1. The summed E-state index contributed by atoms with van der Waals surface area (Å²) in [5, 5.41) is 0. The summed E-state index contributed by atoms with van der Waals surface area (Å²) in [6.45, 7) is 3.27. The molecule has 16 heavy (non-hydrogen) atoms. The van der Waals surface area contributed by atoms with Crippen molar-refractivity contribution in [2.45, 2.75) is 13.0 Å². The predicted molar refractivity (Wildman–Crippen MR) is 67.3 cm³/mol. The van der Waals surface area contributed by atoms with Gasteiger partial charge in [0.05, 0.1) is 12.6 Å². The van der Waals surface area contributed by atoms with Crippen LogP contribution >= 0.6 is 0 Å². The fraction of sp³-hybridized carbons (Fsp3) is 0.500. The topological polar surface area (TPSA) is 50.5 Å². The van der Waals surface area contributed by atoms with E-state index in [1.807, 2.05) is 21.0 Å². The number of nitrogens with zero attached hydrogens (tertiary/aromatic N) is 1. The van der Waals surface area contributed by atoms with Crippen molar-refractivity contribution in [3.63, 3.8) is 0 Å². The molecule has 4 nitrogen and oxygen atoms in total. The van der Waals surface area contributed by atoms with Gasteiger partial charge in [-0.25, -0.2) is 0 Å². The first kappa shape index (κ1) is 13.0. The third-order valence-corrected chi connectivity index (χ3v) is 2.50. The van der Waals surface area contributed by atoms with Crippen molar-refractivity contribution in [1.29, 1.82) is 0 Å². The Morgan fingerprint density at radius 2 is 1.94 bits per heavy atom. The van der Waals surface area contributed by atoms with Crippen LogP contribution in [0.1, 0.15) is 18.5 Å². The number of rotatable bonds is 6. The molecule has 1 atom stereocenters. The van der Waals surface area contributed by atoms with Crippen LogP contribution in [0.2, 0.25) is 0 Å². The summed E-state index contributed by atoms with van der Waals surface area (Å²) >= 11 is 0. The van der Waals surface area contributed by atoms with Crippen molar-refractivity contribution in [1.82, 2.24) is 5.43 Å². The molecule has 90 valence electrons. The van der Waals surface area contributed by atoms with Crippen LogP contribution in [0.4, 0.5) is 5.69 Å². The largest absolute Gasteiger partial charge is 0.380 e. The summed E-state index contributed by atoms with van der Waals surface area (Å²) < 4.78 is 5.37. The van der Waals surface area contributed by atoms with E-state index >= 15 is 0 Å². The summed E-state index contributed by atoms with van der Waals surface area (Å²) in [5.41, 5.74) is 5.08. The van der Waals surface area contributed by atoms with Gasteiger partial charge in [0.25, 0.3) is 0 Å². The minimum absolute atomic E-state index is 0.0520. The van der Waals surface area contributed by atoms with E-state index in [0.717, 1.165) is 5.56 Å². The third kappa shape index (κ3) is 3.48. The number of nitrogens with two attached hydrogens (primary N) is 1. The molecule has 0 aromatic heterocycles. The average molecular weight is 223 g/mol. The Morgan fingerprint density at radius 3 is 2.38 bits per heavy atom. The lowest BCUT2D eigenvalue weighted by Crippen LogP contribution is -2.31. The van der Waals surface area contributed by atoms with Crippen LogP contribution in [-0.2, 0) is 4.74 Å². The van der Waals surface area contributed by atoms with E-state index in [1.54, 1.807) is 0 Å². The van der Waals surface area contributed by atoms with E-state index in [9.17, 15) is 0 Å². The maximum absolute atomic E-state index is 5.50. The molecule has 0 amide bonds. The van der Waals surface area contributed by atoms with Crippen molar-refractivity contribution < 1.29 is 4.74 Å². The molecule has 0 aliphatic heterocycles. The lowest BCUT2D eigenvalue weighted by Gasteiger charge is -2.18. The maximum Gasteiger partial charge on any atom is 0.0693 e. The second-order valence-corrected chi connectivity index (χ2v) is 3.86. The number of anilines is 1. The quantitative estimate of drug-likeness (QED) is 0.563. The minimum atomic E-state index is 0.0520. The van der Waals surface area contributed by atoms with Gasteiger partial charge in [-0.15, -0.1) is 0 Å². The van der Waals surface area contributed by atoms with Gasteiger partial charge in [-0.1, -0.05) is 12.1 Å². The van der Waals surface area contributed by atoms with Gasteiger partial charge in [-0.05, 0) is 24.6 Å². The van der Waals surface area contributed by atoms with Gasteiger partial charge in [0.1, 0.15) is 0 Å². The van der Waals surface area contributed by atoms with Crippen molar-refractivity contribution in [3.05, 3.63) is 29.8 Å². The van der Waals surface area contributed by atoms with E-state index in [2.05, 4.69) is 34.6 Å². The monoisotopic (exact) mass is 223 g/mol. The Kier molecular flexibility index (Phi) is 5.25. The Hall–Kier alpha value is -1.10. The van der Waals surface area contributed by atoms with E-state index < -0.39 is 0 Å². The van der Waals surface area contributed by atoms with Crippen LogP contribution in [0, 0.1) is 0 Å². The molecule has 0 aliphatic carbocycles. The van der Waals surface area contributed by atoms with Crippen LogP contribution in [-0.4, -0.2) is 27.3 Å². The molecule has 0 aliphatic rings. The number of hydrazine groups is 1. The minimum Gasteiger partial charge on any atom is -0.380 e. The molecule has 0 heterocycles. The molecule has 3 N–H and O–H groups in total. The van der Waals surface area contributed by atoms with E-state index in [-0.39, 0.29) is 6.04 Å². The highest BCUT2D eigenvalue weighted by Gasteiger charge is 2.09. The zero-order chi connectivity index (χ0) is 12.0. The molecule has 1 unspecified atom stereocenters. The van der Waals surface area contributed by atoms with Gasteiger partial charge in [0.15, 0.2) is 0 Å². The molecule has 0 saturated carbocycles. The standard InChI is InChI=1S/C12H21N3O/c1-4-16-9-12(14-13)10-5-7-11(8-6-10)15(2)3/h5-8,12,14H,4,9,13H2,1-3H3. The second-order valence-electron chi connectivity index (χ2n) is 3.86. The first-order valence-electron chi connectivity index (χ1n) is 5.50. The smallest absolute Gasteiger partial charge is 0.0693 e. The summed E-state index contributed by atoms with van der Waals surface area (Å²) in [6.07, 6.45) is 0. The molecule has 4 heteroatoms. The molecule has 1 aromatic rings. The van der Waals surface area contributed by atoms with Crippen LogP contribution in [0.15, 0.2) is 24.3 Å². The molecule has 0 fully saturated rings. The number of hydrogen-bond donors (Lipinski definition) is 2. The van der Waals surface area contributed by atoms with Gasteiger partial charge in [0.2, 0.25) is 0 Å². The molecular weight excluding hydrogens is 202 g/mol. The fourth-order valence-electron chi connectivity index (χ4n) is 1.48. The highest BCUT2D eigenvalue weighted by molar-refractivity contribution is 5.46. The summed E-state index contributed by atoms with van der Waals surface area (Å²) in [6, 6.07) is 8.34. The lowest BCUT2D eigenvalue weighted by atomic mass is 10.1. The maximum atomic E-state index is 5.50. The summed E-state index contributed by atoms with van der Waals surface area (Å²) in [5.74, 6) is 5.50. The fourth-order valence-corrected chi connectivity index (χ4v) is 1.48. The molecule has 0 bridgehead atoms. The van der Waals surface area contributed by atoms with Gasteiger partial charge in [0, 0.05) is 26.4 Å². The first-order valence-corrected chi connectivity index (χ1v) is 5.50.